The van der Waals surface area contributed by atoms with Gasteiger partial charge in [0.05, 0.1) is 0 Å². The number of aliphatic carboxylic acids is 4. The molecule has 0 unspecified atom stereocenters. The zero-order chi connectivity index (χ0) is 18.4. The van der Waals surface area contributed by atoms with Crippen LogP contribution in [-0.2, 0) is 19.2 Å². The molecule has 8 N–H and O–H groups in total. The van der Waals surface area contributed by atoms with Crippen molar-refractivity contribution in [1.29, 1.82) is 0 Å². The fourth-order valence-corrected chi connectivity index (χ4v) is 0.0786. The van der Waals surface area contributed by atoms with Gasteiger partial charge in [0.25, 0.3) is 23.9 Å². The van der Waals surface area contributed by atoms with Crippen molar-refractivity contribution in [3.05, 3.63) is 12.3 Å². The van der Waals surface area contributed by atoms with Crippen molar-refractivity contribution in [1.82, 2.24) is 0 Å². The number of carboxylic acids is 4. The Labute approximate surface area is 152 Å². The van der Waals surface area contributed by atoms with Crippen LogP contribution in [0.25, 0.3) is 0 Å². The largest absolute Gasteiger partial charge is 1.00 e. The first-order chi connectivity index (χ1) is 9.34. The van der Waals surface area contributed by atoms with Crippen LogP contribution in [0.2, 0.25) is 0 Å². The molecule has 0 rings (SSSR count). The second kappa shape index (κ2) is 36.6. The van der Waals surface area contributed by atoms with E-state index in [-0.39, 0.29) is 31.0 Å². The summed E-state index contributed by atoms with van der Waals surface area (Å²) in [5.41, 5.74) is 9.85. The monoisotopic (exact) mass is 336 g/mol. The summed E-state index contributed by atoms with van der Waals surface area (Å²) in [6.45, 7) is 4.87. The van der Waals surface area contributed by atoms with Gasteiger partial charge >= 0.3 is 29.6 Å². The van der Waals surface area contributed by atoms with Gasteiger partial charge in [-0.15, -0.1) is 0 Å². The molecule has 0 atom stereocenters. The normalized spacial score (nSPS) is 6.77. The van der Waals surface area contributed by atoms with Crippen LogP contribution in [0.3, 0.4) is 0 Å². The van der Waals surface area contributed by atoms with Gasteiger partial charge in [-0.3, -0.25) is 19.2 Å². The van der Waals surface area contributed by atoms with E-state index < -0.39 is 23.9 Å². The predicted octanol–water partition coefficient (Wildman–Crippen LogP) is -3.10. The van der Waals surface area contributed by atoms with Crippen molar-refractivity contribution < 1.29 is 70.6 Å². The van der Waals surface area contributed by atoms with E-state index in [0.29, 0.717) is 6.54 Å². The molecule has 0 fully saturated rings. The van der Waals surface area contributed by atoms with Gasteiger partial charge in [0.15, 0.2) is 0 Å². The van der Waals surface area contributed by atoms with Crippen molar-refractivity contribution in [2.24, 2.45) is 11.5 Å². The molecular formula is C11H25N2NaO8. The molecule has 0 spiro atoms. The molecule has 0 saturated carbocycles. The van der Waals surface area contributed by atoms with Crippen LogP contribution in [0.1, 0.15) is 29.1 Å². The second-order valence-electron chi connectivity index (χ2n) is 2.74. The fourth-order valence-electron chi connectivity index (χ4n) is 0.0786. The van der Waals surface area contributed by atoms with E-state index in [1.807, 2.05) is 0 Å². The van der Waals surface area contributed by atoms with E-state index in [0.717, 1.165) is 27.7 Å². The zero-order valence-corrected chi connectivity index (χ0v) is 15.4. The standard InChI is InChI=1S/C3H8N2.4C2H4O2.Na.H/c4-2-1-3-5;4*1-2(3)4;;/h1-2H,3-5H2;4*1H3,(H,3,4);;/q;;;;;+1;-1. The molecule has 0 aromatic rings. The maximum absolute atomic E-state index is 9.00. The van der Waals surface area contributed by atoms with Crippen LogP contribution in [0.15, 0.2) is 12.3 Å². The number of carboxylic acid groups (broad SMARTS) is 4. The first kappa shape index (κ1) is 37.0. The second-order valence-corrected chi connectivity index (χ2v) is 2.74. The van der Waals surface area contributed by atoms with Gasteiger partial charge in [-0.05, 0) is 6.20 Å². The van der Waals surface area contributed by atoms with Crippen LogP contribution in [0, 0.1) is 0 Å². The average molecular weight is 336 g/mol. The van der Waals surface area contributed by atoms with Gasteiger partial charge in [0.2, 0.25) is 0 Å². The van der Waals surface area contributed by atoms with Gasteiger partial charge in [0.1, 0.15) is 0 Å². The van der Waals surface area contributed by atoms with Crippen LogP contribution in [-0.4, -0.2) is 50.8 Å². The maximum Gasteiger partial charge on any atom is 1.00 e. The average Bonchev–Trinajstić information content (AvgIpc) is 2.14. The number of rotatable bonds is 1. The molecule has 0 aromatic heterocycles. The molecule has 0 aliphatic carbocycles. The van der Waals surface area contributed by atoms with E-state index in [4.69, 9.17) is 51.1 Å². The van der Waals surface area contributed by atoms with Crippen LogP contribution in [0.5, 0.6) is 0 Å². The minimum atomic E-state index is -0.833. The summed E-state index contributed by atoms with van der Waals surface area (Å²) in [6, 6.07) is 0. The van der Waals surface area contributed by atoms with E-state index in [1.165, 1.54) is 6.20 Å². The van der Waals surface area contributed by atoms with Crippen molar-refractivity contribution in [3.63, 3.8) is 0 Å². The van der Waals surface area contributed by atoms with Crippen molar-refractivity contribution in [2.75, 3.05) is 6.54 Å². The molecule has 10 nitrogen and oxygen atoms in total. The third-order valence-electron chi connectivity index (χ3n) is 0.272. The molecule has 0 aromatic carbocycles. The molecule has 22 heavy (non-hydrogen) atoms. The van der Waals surface area contributed by atoms with Gasteiger partial charge in [-0.1, -0.05) is 6.08 Å². The minimum Gasteiger partial charge on any atom is -1.00 e. The number of nitrogens with two attached hydrogens (primary N) is 2. The summed E-state index contributed by atoms with van der Waals surface area (Å²) in [5.74, 6) is -3.33. The number of carbonyl (C=O) groups is 4. The summed E-state index contributed by atoms with van der Waals surface area (Å²) >= 11 is 0. The van der Waals surface area contributed by atoms with Crippen LogP contribution >= 0.6 is 0 Å². The number of hydrogen-bond acceptors (Lipinski definition) is 6. The quantitative estimate of drug-likeness (QED) is 0.266. The Morgan fingerprint density at radius 3 is 0.955 bits per heavy atom. The Balaban J connectivity index is -0.0000000273. The molecule has 0 aliphatic rings. The summed E-state index contributed by atoms with van der Waals surface area (Å²) in [6.07, 6.45) is 3.11. The minimum absolute atomic E-state index is 0. The molecule has 0 heterocycles. The van der Waals surface area contributed by atoms with E-state index in [9.17, 15) is 0 Å². The van der Waals surface area contributed by atoms with Gasteiger partial charge in [-0.25, -0.2) is 0 Å². The SMILES string of the molecule is CC(=O)O.CC(=O)O.CC(=O)O.CC(=O)O.NC=CCN.[H-].[Na+]. The van der Waals surface area contributed by atoms with E-state index in [2.05, 4.69) is 0 Å². The van der Waals surface area contributed by atoms with E-state index >= 15 is 0 Å². The molecule has 0 aliphatic heterocycles. The molecular weight excluding hydrogens is 311 g/mol. The smallest absolute Gasteiger partial charge is 1.00 e. The first-order valence-electron chi connectivity index (χ1n) is 5.19. The predicted molar refractivity (Wildman–Crippen MR) is 76.7 cm³/mol. The molecule has 128 valence electrons. The fraction of sp³-hybridized carbons (Fsp3) is 0.455. The Kier molecular flexibility index (Phi) is 61.5. The molecule has 0 amide bonds. The summed E-state index contributed by atoms with van der Waals surface area (Å²) < 4.78 is 0. The van der Waals surface area contributed by atoms with Crippen molar-refractivity contribution in [3.8, 4) is 0 Å². The first-order valence-corrected chi connectivity index (χ1v) is 5.19. The number of hydrogen-bond donors (Lipinski definition) is 6. The zero-order valence-electron chi connectivity index (χ0n) is 14.4. The van der Waals surface area contributed by atoms with E-state index in [1.54, 1.807) is 6.08 Å². The Morgan fingerprint density at radius 1 is 0.818 bits per heavy atom. The van der Waals surface area contributed by atoms with Crippen LogP contribution < -0.4 is 41.0 Å². The molecule has 0 bridgehead atoms. The molecule has 11 heteroatoms. The van der Waals surface area contributed by atoms with Gasteiger partial charge in [-0.2, -0.15) is 0 Å². The third kappa shape index (κ3) is 38400. The van der Waals surface area contributed by atoms with Crippen molar-refractivity contribution >= 4 is 23.9 Å². The van der Waals surface area contributed by atoms with Gasteiger partial charge in [0, 0.05) is 34.2 Å². The summed E-state index contributed by atoms with van der Waals surface area (Å²) in [7, 11) is 0. The third-order valence-corrected chi connectivity index (χ3v) is 0.272. The topological polar surface area (TPSA) is 201 Å². The molecule has 0 saturated heterocycles. The van der Waals surface area contributed by atoms with Crippen LogP contribution in [0.4, 0.5) is 0 Å². The summed E-state index contributed by atoms with van der Waals surface area (Å²) in [5, 5.41) is 29.7. The maximum atomic E-state index is 9.00. The summed E-state index contributed by atoms with van der Waals surface area (Å²) in [4.78, 5) is 36.0. The van der Waals surface area contributed by atoms with Gasteiger partial charge < -0.3 is 33.3 Å². The Bertz CT molecular complexity index is 250. The Hall–Kier alpha value is -1.62. The Morgan fingerprint density at radius 2 is 0.955 bits per heavy atom. The van der Waals surface area contributed by atoms with Crippen molar-refractivity contribution in [2.45, 2.75) is 27.7 Å². The molecule has 0 radical (unpaired) electrons.